The Morgan fingerprint density at radius 3 is 2.53 bits per heavy atom. The standard InChI is InChI=1S/C31H28ClF4N5O6/c32-21-4-2-18(14-20(21)31(34,35)36)39-30(42)40-23-5-3-19(15-22(23)33)47-29-26-24(37-17-38-29)16-25(27-28(26)46-13-12-45-27)44-9-1-6-41-7-10-43-11-8-41/h2-5,14-17H,1,6-13H2,(H2,39,40,42). The summed E-state index contributed by atoms with van der Waals surface area (Å²) in [5.74, 6) is 0.407. The van der Waals surface area contributed by atoms with E-state index in [-0.39, 0.29) is 29.6 Å². The Morgan fingerprint density at radius 2 is 1.77 bits per heavy atom. The topological polar surface area (TPSA) is 116 Å². The van der Waals surface area contributed by atoms with E-state index >= 15 is 4.39 Å². The number of hydrogen-bond acceptors (Lipinski definition) is 9. The molecule has 1 aromatic heterocycles. The minimum Gasteiger partial charge on any atom is -0.489 e. The SMILES string of the molecule is O=C(Nc1ccc(Cl)c(C(F)(F)F)c1)Nc1ccc(Oc2ncnc3cc(OCCCN4CCOCC4)c4c(c23)OCCO4)cc1F. The molecule has 3 aromatic carbocycles. The number of morpholine rings is 1. The minimum atomic E-state index is -4.72. The van der Waals surface area contributed by atoms with Gasteiger partial charge in [0, 0.05) is 37.5 Å². The van der Waals surface area contributed by atoms with Crippen molar-refractivity contribution < 1.29 is 46.0 Å². The van der Waals surface area contributed by atoms with Crippen molar-refractivity contribution in [3.05, 3.63) is 65.2 Å². The summed E-state index contributed by atoms with van der Waals surface area (Å²) in [5.41, 5.74) is -1.11. The fraction of sp³-hybridized carbons (Fsp3) is 0.323. The van der Waals surface area contributed by atoms with Gasteiger partial charge < -0.3 is 34.3 Å². The van der Waals surface area contributed by atoms with Crippen molar-refractivity contribution >= 4 is 39.9 Å². The van der Waals surface area contributed by atoms with Gasteiger partial charge in [-0.1, -0.05) is 11.6 Å². The third kappa shape index (κ3) is 7.69. The van der Waals surface area contributed by atoms with Gasteiger partial charge in [-0.3, -0.25) is 4.90 Å². The van der Waals surface area contributed by atoms with Crippen LogP contribution in [0.5, 0.6) is 28.9 Å². The monoisotopic (exact) mass is 677 g/mol. The van der Waals surface area contributed by atoms with Crippen LogP contribution in [0.1, 0.15) is 12.0 Å². The van der Waals surface area contributed by atoms with E-state index in [0.29, 0.717) is 47.4 Å². The Bertz CT molecular complexity index is 1770. The number of aromatic nitrogens is 2. The average Bonchev–Trinajstić information content (AvgIpc) is 3.05. The highest BCUT2D eigenvalue weighted by Gasteiger charge is 2.33. The van der Waals surface area contributed by atoms with Crippen LogP contribution in [-0.2, 0) is 10.9 Å². The van der Waals surface area contributed by atoms with E-state index in [0.717, 1.165) is 51.4 Å². The van der Waals surface area contributed by atoms with E-state index in [2.05, 4.69) is 25.5 Å². The Morgan fingerprint density at radius 1 is 0.979 bits per heavy atom. The number of fused-ring (bicyclic) bond motifs is 3. The van der Waals surface area contributed by atoms with Gasteiger partial charge in [-0.15, -0.1) is 0 Å². The average molecular weight is 678 g/mol. The molecule has 2 amide bonds. The van der Waals surface area contributed by atoms with Crippen LogP contribution in [0.4, 0.5) is 33.7 Å². The number of ether oxygens (including phenoxy) is 5. The number of carbonyl (C=O) groups excluding carboxylic acids is 1. The van der Waals surface area contributed by atoms with Gasteiger partial charge in [0.2, 0.25) is 11.6 Å². The molecule has 2 N–H and O–H groups in total. The van der Waals surface area contributed by atoms with Crippen LogP contribution in [0.2, 0.25) is 5.02 Å². The van der Waals surface area contributed by atoms with Gasteiger partial charge in [-0.05, 0) is 36.8 Å². The highest BCUT2D eigenvalue weighted by Crippen LogP contribution is 2.48. The molecular weight excluding hydrogens is 650 g/mol. The van der Waals surface area contributed by atoms with Gasteiger partial charge in [0.05, 0.1) is 41.6 Å². The number of benzene rings is 3. The molecule has 11 nitrogen and oxygen atoms in total. The predicted octanol–water partition coefficient (Wildman–Crippen LogP) is 6.75. The summed E-state index contributed by atoms with van der Waals surface area (Å²) >= 11 is 5.62. The lowest BCUT2D eigenvalue weighted by atomic mass is 10.1. The zero-order chi connectivity index (χ0) is 33.0. The summed E-state index contributed by atoms with van der Waals surface area (Å²) in [6.45, 7) is 5.11. The van der Waals surface area contributed by atoms with E-state index < -0.39 is 28.6 Å². The quantitative estimate of drug-likeness (QED) is 0.147. The van der Waals surface area contributed by atoms with Crippen LogP contribution in [0.25, 0.3) is 10.9 Å². The fourth-order valence-corrected chi connectivity index (χ4v) is 5.26. The molecule has 0 bridgehead atoms. The Balaban J connectivity index is 1.15. The number of carbonyl (C=O) groups is 1. The largest absolute Gasteiger partial charge is 0.489 e. The molecule has 0 saturated carbocycles. The zero-order valence-corrected chi connectivity index (χ0v) is 25.4. The van der Waals surface area contributed by atoms with Crippen molar-refractivity contribution in [1.29, 1.82) is 0 Å². The molecule has 1 saturated heterocycles. The number of alkyl halides is 3. The van der Waals surface area contributed by atoms with E-state index in [4.69, 9.17) is 35.3 Å². The summed E-state index contributed by atoms with van der Waals surface area (Å²) in [6, 6.07) is 7.22. The van der Waals surface area contributed by atoms with Crippen LogP contribution in [0.15, 0.2) is 48.8 Å². The van der Waals surface area contributed by atoms with E-state index in [1.54, 1.807) is 6.07 Å². The van der Waals surface area contributed by atoms with Crippen LogP contribution in [0.3, 0.4) is 0 Å². The van der Waals surface area contributed by atoms with Gasteiger partial charge in [0.1, 0.15) is 36.5 Å². The van der Waals surface area contributed by atoms with Crippen molar-refractivity contribution in [2.75, 3.05) is 63.3 Å². The first-order valence-electron chi connectivity index (χ1n) is 14.6. The third-order valence-electron chi connectivity index (χ3n) is 7.26. The predicted molar refractivity (Wildman–Crippen MR) is 163 cm³/mol. The van der Waals surface area contributed by atoms with Gasteiger partial charge in [0.25, 0.3) is 0 Å². The zero-order valence-electron chi connectivity index (χ0n) is 24.7. The second kappa shape index (κ2) is 14.0. The number of halogens is 5. The molecule has 4 aromatic rings. The first-order chi connectivity index (χ1) is 22.7. The number of rotatable bonds is 9. The summed E-state index contributed by atoms with van der Waals surface area (Å²) in [7, 11) is 0. The molecule has 0 spiro atoms. The van der Waals surface area contributed by atoms with Gasteiger partial charge in [0.15, 0.2) is 11.5 Å². The van der Waals surface area contributed by atoms with Gasteiger partial charge in [-0.25, -0.2) is 19.2 Å². The molecule has 0 unspecified atom stereocenters. The first kappa shape index (κ1) is 32.3. The van der Waals surface area contributed by atoms with Crippen molar-refractivity contribution in [3.63, 3.8) is 0 Å². The second-order valence-electron chi connectivity index (χ2n) is 10.5. The molecule has 47 heavy (non-hydrogen) atoms. The Labute approximate surface area is 270 Å². The molecule has 0 aliphatic carbocycles. The van der Waals surface area contributed by atoms with Crippen LogP contribution in [-0.4, -0.2) is 73.6 Å². The van der Waals surface area contributed by atoms with Crippen LogP contribution >= 0.6 is 11.6 Å². The number of amides is 2. The lowest BCUT2D eigenvalue weighted by molar-refractivity contribution is -0.137. The summed E-state index contributed by atoms with van der Waals surface area (Å²) < 4.78 is 83.7. The highest BCUT2D eigenvalue weighted by atomic mass is 35.5. The number of nitrogens with zero attached hydrogens (tertiary/aromatic N) is 3. The number of hydrogen-bond donors (Lipinski definition) is 2. The number of anilines is 2. The summed E-state index contributed by atoms with van der Waals surface area (Å²) in [6.07, 6.45) is -2.64. The summed E-state index contributed by atoms with van der Waals surface area (Å²) in [5, 5.41) is 4.36. The molecule has 6 rings (SSSR count). The summed E-state index contributed by atoms with van der Waals surface area (Å²) in [4.78, 5) is 23.3. The number of urea groups is 1. The van der Waals surface area contributed by atoms with Crippen molar-refractivity contribution in [2.24, 2.45) is 0 Å². The first-order valence-corrected chi connectivity index (χ1v) is 15.0. The van der Waals surface area contributed by atoms with Crippen molar-refractivity contribution in [1.82, 2.24) is 14.9 Å². The molecule has 2 aliphatic rings. The molecule has 248 valence electrons. The van der Waals surface area contributed by atoms with E-state index in [9.17, 15) is 18.0 Å². The van der Waals surface area contributed by atoms with Gasteiger partial charge >= 0.3 is 12.2 Å². The lowest BCUT2D eigenvalue weighted by Gasteiger charge is -2.26. The normalized spacial score (nSPS) is 14.9. The Kier molecular flexibility index (Phi) is 9.66. The molecular formula is C31H28ClF4N5O6. The van der Waals surface area contributed by atoms with Crippen LogP contribution < -0.4 is 29.6 Å². The second-order valence-corrected chi connectivity index (χ2v) is 10.9. The maximum absolute atomic E-state index is 15.0. The number of nitrogens with one attached hydrogen (secondary N) is 2. The lowest BCUT2D eigenvalue weighted by Crippen LogP contribution is -2.37. The maximum Gasteiger partial charge on any atom is 0.417 e. The molecule has 2 aliphatic heterocycles. The van der Waals surface area contributed by atoms with E-state index in [1.807, 2.05) is 0 Å². The van der Waals surface area contributed by atoms with Crippen molar-refractivity contribution in [2.45, 2.75) is 12.6 Å². The third-order valence-corrected chi connectivity index (χ3v) is 7.59. The molecule has 16 heteroatoms. The highest BCUT2D eigenvalue weighted by molar-refractivity contribution is 6.31. The van der Waals surface area contributed by atoms with Crippen LogP contribution in [0, 0.1) is 5.82 Å². The maximum atomic E-state index is 15.0. The minimum absolute atomic E-state index is 0.0369. The fourth-order valence-electron chi connectivity index (χ4n) is 5.04. The molecule has 1 fully saturated rings. The smallest absolute Gasteiger partial charge is 0.417 e. The Hall–Kier alpha value is -4.60. The molecule has 0 atom stereocenters. The molecule has 3 heterocycles. The van der Waals surface area contributed by atoms with E-state index in [1.165, 1.54) is 24.5 Å². The van der Waals surface area contributed by atoms with Gasteiger partial charge in [-0.2, -0.15) is 13.2 Å². The molecule has 0 radical (unpaired) electrons. The van der Waals surface area contributed by atoms with Crippen molar-refractivity contribution in [3.8, 4) is 28.9 Å².